The Bertz CT molecular complexity index is 3860. The van der Waals surface area contributed by atoms with Crippen LogP contribution in [0, 0.1) is 13.1 Å². The highest BCUT2D eigenvalue weighted by Crippen LogP contribution is 2.51. The number of hydrogen-bond acceptors (Lipinski definition) is 3. The SMILES string of the molecule is [C-]#[N+]c1ccc(-c2cccc(-c3nc(-c4ccccc4)nc(-c4cccc(-c5ccc(-c6cccc([N+]#[C-])c6-c6cccc(-c7ccc8cccc9c8c7-c7ccccc7-9)c6)cc5)c4)n3)c2)cc1. The Labute approximate surface area is 394 Å². The maximum atomic E-state index is 8.28. The zero-order chi connectivity index (χ0) is 45.6. The number of nitrogens with zero attached hydrogens (tertiary/aromatic N) is 5. The molecule has 0 unspecified atom stereocenters. The predicted octanol–water partition coefficient (Wildman–Crippen LogP) is 17.1. The van der Waals surface area contributed by atoms with E-state index in [9.17, 15) is 0 Å². The van der Waals surface area contributed by atoms with Gasteiger partial charge in [0.1, 0.15) is 0 Å². The molecule has 0 atom stereocenters. The summed E-state index contributed by atoms with van der Waals surface area (Å²) >= 11 is 0. The molecule has 0 bridgehead atoms. The van der Waals surface area contributed by atoms with Gasteiger partial charge in [0.05, 0.1) is 13.1 Å². The Morgan fingerprint density at radius 2 is 0.765 bits per heavy atom. The van der Waals surface area contributed by atoms with Crippen LogP contribution in [0.5, 0.6) is 0 Å². The second-order valence-corrected chi connectivity index (χ2v) is 16.9. The maximum absolute atomic E-state index is 8.28. The van der Waals surface area contributed by atoms with Gasteiger partial charge >= 0.3 is 0 Å². The van der Waals surface area contributed by atoms with Gasteiger partial charge in [-0.15, -0.1) is 0 Å². The molecule has 1 aliphatic rings. The minimum absolute atomic E-state index is 0.571. The summed E-state index contributed by atoms with van der Waals surface area (Å²) in [4.78, 5) is 22.7. The summed E-state index contributed by atoms with van der Waals surface area (Å²) in [5, 5.41) is 2.53. The minimum Gasteiger partial charge on any atom is -0.238 e. The molecule has 5 nitrogen and oxygen atoms in total. The molecule has 10 aromatic carbocycles. The summed E-state index contributed by atoms with van der Waals surface area (Å²) in [6.45, 7) is 15.6. The fraction of sp³-hybridized carbons (Fsp3) is 0. The van der Waals surface area contributed by atoms with Crippen molar-refractivity contribution in [1.29, 1.82) is 0 Å². The third kappa shape index (κ3) is 7.09. The highest BCUT2D eigenvalue weighted by Gasteiger charge is 2.25. The standard InChI is InChI=1S/C63H37N5/c1-64-51-34-31-41(32-35-51)46-17-9-21-50(38-46)63-67-61(44-13-4-3-5-14-44)66-62(68-63)49-20-8-16-45(37-49)40-27-29-42(30-28-40)52-24-12-26-57(65-2)58(52)48-19-10-18-47(39-48)53-36-33-43-15-11-25-55-54-22-6-7-23-56(54)60(53)59(43)55/h3-39H. The first-order valence-electron chi connectivity index (χ1n) is 22.5. The van der Waals surface area contributed by atoms with Crippen LogP contribution in [0.15, 0.2) is 224 Å². The lowest BCUT2D eigenvalue weighted by atomic mass is 9.88. The molecule has 5 heteroatoms. The van der Waals surface area contributed by atoms with E-state index in [1.54, 1.807) is 0 Å². The van der Waals surface area contributed by atoms with Crippen molar-refractivity contribution in [2.24, 2.45) is 0 Å². The van der Waals surface area contributed by atoms with E-state index < -0.39 is 0 Å². The quantitative estimate of drug-likeness (QED) is 0.143. The largest absolute Gasteiger partial charge is 0.238 e. The van der Waals surface area contributed by atoms with Crippen molar-refractivity contribution in [3.63, 3.8) is 0 Å². The molecule has 0 N–H and O–H groups in total. The van der Waals surface area contributed by atoms with E-state index in [2.05, 4.69) is 143 Å². The predicted molar refractivity (Wildman–Crippen MR) is 278 cm³/mol. The van der Waals surface area contributed by atoms with Gasteiger partial charge in [0.25, 0.3) is 0 Å². The molecule has 11 aromatic rings. The molecule has 0 saturated heterocycles. The van der Waals surface area contributed by atoms with Crippen molar-refractivity contribution in [3.05, 3.63) is 247 Å². The van der Waals surface area contributed by atoms with Crippen LogP contribution < -0.4 is 0 Å². The van der Waals surface area contributed by atoms with E-state index in [0.717, 1.165) is 66.8 Å². The Kier molecular flexibility index (Phi) is 9.87. The molecule has 0 radical (unpaired) electrons. The molecule has 0 spiro atoms. The number of fused-ring (bicyclic) bond motifs is 3. The van der Waals surface area contributed by atoms with Crippen molar-refractivity contribution in [2.45, 2.75) is 0 Å². The Morgan fingerprint density at radius 3 is 1.44 bits per heavy atom. The normalized spacial score (nSPS) is 11.2. The van der Waals surface area contributed by atoms with E-state index in [0.29, 0.717) is 28.8 Å². The minimum atomic E-state index is 0.571. The zero-order valence-electron chi connectivity index (χ0n) is 36.6. The average molecular weight is 864 g/mol. The number of rotatable bonds is 8. The van der Waals surface area contributed by atoms with Gasteiger partial charge in [-0.2, -0.15) is 0 Å². The van der Waals surface area contributed by atoms with Crippen LogP contribution in [0.3, 0.4) is 0 Å². The summed E-state index contributed by atoms with van der Waals surface area (Å²) in [6, 6.07) is 77.1. The molecule has 0 fully saturated rings. The fourth-order valence-corrected chi connectivity index (χ4v) is 9.68. The van der Waals surface area contributed by atoms with Crippen LogP contribution in [0.1, 0.15) is 0 Å². The summed E-state index contributed by atoms with van der Waals surface area (Å²) < 4.78 is 0. The zero-order valence-corrected chi connectivity index (χ0v) is 36.6. The molecule has 314 valence electrons. The van der Waals surface area contributed by atoms with Gasteiger partial charge in [-0.05, 0) is 107 Å². The molecule has 0 saturated carbocycles. The third-order valence-electron chi connectivity index (χ3n) is 12.9. The molecule has 0 amide bonds. The second-order valence-electron chi connectivity index (χ2n) is 16.9. The van der Waals surface area contributed by atoms with Gasteiger partial charge in [0.15, 0.2) is 28.8 Å². The Balaban J connectivity index is 0.894. The van der Waals surface area contributed by atoms with Crippen LogP contribution >= 0.6 is 0 Å². The van der Waals surface area contributed by atoms with Gasteiger partial charge in [0.2, 0.25) is 0 Å². The topological polar surface area (TPSA) is 47.4 Å². The van der Waals surface area contributed by atoms with Crippen molar-refractivity contribution in [3.8, 4) is 112 Å². The summed E-state index contributed by atoms with van der Waals surface area (Å²) in [5.41, 5.74) is 19.3. The summed E-state index contributed by atoms with van der Waals surface area (Å²) in [5.74, 6) is 1.73. The molecule has 68 heavy (non-hydrogen) atoms. The lowest BCUT2D eigenvalue weighted by molar-refractivity contribution is 1.07. The van der Waals surface area contributed by atoms with Crippen molar-refractivity contribution < 1.29 is 0 Å². The summed E-state index contributed by atoms with van der Waals surface area (Å²) in [6.07, 6.45) is 0. The lowest BCUT2D eigenvalue weighted by Crippen LogP contribution is -2.00. The van der Waals surface area contributed by atoms with E-state index in [1.165, 1.54) is 38.6 Å². The third-order valence-corrected chi connectivity index (χ3v) is 12.9. The number of benzene rings is 10. The van der Waals surface area contributed by atoms with Crippen LogP contribution in [-0.4, -0.2) is 15.0 Å². The van der Waals surface area contributed by atoms with Gasteiger partial charge in [-0.3, -0.25) is 0 Å². The first-order chi connectivity index (χ1) is 33.6. The van der Waals surface area contributed by atoms with Crippen molar-refractivity contribution >= 4 is 22.1 Å². The van der Waals surface area contributed by atoms with Crippen LogP contribution in [0.25, 0.3) is 133 Å². The monoisotopic (exact) mass is 863 g/mol. The Morgan fingerprint density at radius 1 is 0.279 bits per heavy atom. The first-order valence-corrected chi connectivity index (χ1v) is 22.5. The van der Waals surface area contributed by atoms with E-state index in [1.807, 2.05) is 91.0 Å². The van der Waals surface area contributed by atoms with Gasteiger partial charge < -0.3 is 0 Å². The van der Waals surface area contributed by atoms with E-state index >= 15 is 0 Å². The number of aromatic nitrogens is 3. The summed E-state index contributed by atoms with van der Waals surface area (Å²) in [7, 11) is 0. The fourth-order valence-electron chi connectivity index (χ4n) is 9.68. The van der Waals surface area contributed by atoms with E-state index in [4.69, 9.17) is 28.1 Å². The molecule has 12 rings (SSSR count). The van der Waals surface area contributed by atoms with Gasteiger partial charge in [-0.25, -0.2) is 24.6 Å². The van der Waals surface area contributed by atoms with Crippen molar-refractivity contribution in [1.82, 2.24) is 15.0 Å². The molecule has 1 heterocycles. The average Bonchev–Trinajstić information content (AvgIpc) is 3.76. The molecular weight excluding hydrogens is 827 g/mol. The van der Waals surface area contributed by atoms with E-state index in [-0.39, 0.29) is 0 Å². The smallest absolute Gasteiger partial charge is 0.195 e. The van der Waals surface area contributed by atoms with Crippen molar-refractivity contribution in [2.75, 3.05) is 0 Å². The van der Waals surface area contributed by atoms with Crippen LogP contribution in [-0.2, 0) is 0 Å². The second kappa shape index (κ2) is 16.8. The molecular formula is C63H37N5. The highest BCUT2D eigenvalue weighted by molar-refractivity contribution is 6.19. The van der Waals surface area contributed by atoms with Crippen LogP contribution in [0.4, 0.5) is 11.4 Å². The Hall–Kier alpha value is -9.55. The first kappa shape index (κ1) is 40.0. The lowest BCUT2D eigenvalue weighted by Gasteiger charge is -2.16. The van der Waals surface area contributed by atoms with Gasteiger partial charge in [-0.1, -0.05) is 206 Å². The molecule has 1 aliphatic carbocycles. The highest BCUT2D eigenvalue weighted by atomic mass is 15.0. The maximum Gasteiger partial charge on any atom is 0.195 e. The molecule has 1 aromatic heterocycles. The van der Waals surface area contributed by atoms with Crippen LogP contribution in [0.2, 0.25) is 0 Å². The van der Waals surface area contributed by atoms with Gasteiger partial charge in [0, 0.05) is 16.7 Å². The number of hydrogen-bond donors (Lipinski definition) is 0. The molecule has 0 aliphatic heterocycles.